The van der Waals surface area contributed by atoms with Crippen molar-refractivity contribution in [1.82, 2.24) is 4.98 Å². The number of amides is 1. The molecule has 1 aromatic heterocycles. The first kappa shape index (κ1) is 20.3. The second kappa shape index (κ2) is 9.17. The van der Waals surface area contributed by atoms with Crippen molar-refractivity contribution in [3.8, 4) is 5.75 Å². The molecule has 3 aromatic rings. The summed E-state index contributed by atoms with van der Waals surface area (Å²) in [6, 6.07) is 13.7. The van der Waals surface area contributed by atoms with Crippen LogP contribution < -0.4 is 14.5 Å². The van der Waals surface area contributed by atoms with Gasteiger partial charge in [0.1, 0.15) is 11.3 Å². The summed E-state index contributed by atoms with van der Waals surface area (Å²) < 4.78 is 6.75. The van der Waals surface area contributed by atoms with Gasteiger partial charge in [0, 0.05) is 18.5 Å². The molecule has 1 amide bonds. The van der Waals surface area contributed by atoms with Crippen molar-refractivity contribution < 1.29 is 14.4 Å². The molecule has 0 atom stereocenters. The van der Waals surface area contributed by atoms with Gasteiger partial charge in [0.2, 0.25) is 0 Å². The van der Waals surface area contributed by atoms with Gasteiger partial charge in [-0.1, -0.05) is 35.1 Å². The number of ether oxygens (including phenoxy) is 1. The number of para-hydroxylation sites is 1. The standard InChI is InChI=1S/C22H27N3O2S/c1-5-27-18-11-7-12-19-20(18)23-22(28-19)25(14-8-13-24(3)4)21(26)17-10-6-9-16(2)15-17/h6-7,9-12,15H,5,8,13-14H2,1-4H3/p+1. The lowest BCUT2D eigenvalue weighted by Crippen LogP contribution is -3.05. The lowest BCUT2D eigenvalue weighted by molar-refractivity contribution is -0.858. The van der Waals surface area contributed by atoms with Gasteiger partial charge in [-0.3, -0.25) is 9.69 Å². The minimum atomic E-state index is -0.00512. The first-order valence-electron chi connectivity index (χ1n) is 9.69. The van der Waals surface area contributed by atoms with Gasteiger partial charge in [-0.05, 0) is 38.1 Å². The van der Waals surface area contributed by atoms with Crippen LogP contribution >= 0.6 is 11.3 Å². The average Bonchev–Trinajstić information content (AvgIpc) is 3.09. The van der Waals surface area contributed by atoms with Crippen molar-refractivity contribution in [1.29, 1.82) is 0 Å². The zero-order valence-corrected chi connectivity index (χ0v) is 17.8. The summed E-state index contributed by atoms with van der Waals surface area (Å²) in [5.74, 6) is 0.762. The Labute approximate surface area is 170 Å². The summed E-state index contributed by atoms with van der Waals surface area (Å²) >= 11 is 1.54. The Morgan fingerprint density at radius 1 is 1.21 bits per heavy atom. The van der Waals surface area contributed by atoms with Crippen molar-refractivity contribution in [2.75, 3.05) is 38.7 Å². The number of carbonyl (C=O) groups excluding carboxylic acids is 1. The summed E-state index contributed by atoms with van der Waals surface area (Å²) in [7, 11) is 4.25. The van der Waals surface area contributed by atoms with Crippen LogP contribution in [0.15, 0.2) is 42.5 Å². The fraction of sp³-hybridized carbons (Fsp3) is 0.364. The first-order chi connectivity index (χ1) is 13.5. The van der Waals surface area contributed by atoms with Crippen molar-refractivity contribution in [3.63, 3.8) is 0 Å². The molecule has 0 saturated heterocycles. The minimum Gasteiger partial charge on any atom is -0.492 e. The molecule has 0 aliphatic rings. The Balaban J connectivity index is 1.97. The number of carbonyl (C=O) groups is 1. The van der Waals surface area contributed by atoms with Crippen LogP contribution in [0.4, 0.5) is 5.13 Å². The van der Waals surface area contributed by atoms with Gasteiger partial charge in [0.25, 0.3) is 5.91 Å². The third kappa shape index (κ3) is 4.69. The number of nitrogens with zero attached hydrogens (tertiary/aromatic N) is 2. The molecule has 2 aromatic carbocycles. The molecule has 0 unspecified atom stereocenters. The molecule has 1 N–H and O–H groups in total. The van der Waals surface area contributed by atoms with E-state index < -0.39 is 0 Å². The van der Waals surface area contributed by atoms with E-state index in [2.05, 4.69) is 14.1 Å². The number of anilines is 1. The molecule has 5 nitrogen and oxygen atoms in total. The highest BCUT2D eigenvalue weighted by molar-refractivity contribution is 7.22. The van der Waals surface area contributed by atoms with Crippen molar-refractivity contribution >= 4 is 32.6 Å². The van der Waals surface area contributed by atoms with Crippen LogP contribution in [-0.2, 0) is 0 Å². The molecule has 0 aliphatic heterocycles. The van der Waals surface area contributed by atoms with E-state index in [4.69, 9.17) is 9.72 Å². The van der Waals surface area contributed by atoms with Crippen LogP contribution in [0.1, 0.15) is 29.3 Å². The number of thiazole rings is 1. The van der Waals surface area contributed by atoms with Gasteiger partial charge in [-0.25, -0.2) is 4.98 Å². The SMILES string of the molecule is CCOc1cccc2sc(N(CCC[NH+](C)C)C(=O)c3cccc(C)c3)nc12. The van der Waals surface area contributed by atoms with Crippen LogP contribution in [0.3, 0.4) is 0 Å². The zero-order valence-electron chi connectivity index (χ0n) is 17.0. The quantitative estimate of drug-likeness (QED) is 0.634. The van der Waals surface area contributed by atoms with E-state index in [-0.39, 0.29) is 5.91 Å². The number of hydrogen-bond acceptors (Lipinski definition) is 4. The maximum atomic E-state index is 13.3. The Kier molecular flexibility index (Phi) is 6.65. The predicted octanol–water partition coefficient (Wildman–Crippen LogP) is 3.18. The highest BCUT2D eigenvalue weighted by Crippen LogP contribution is 2.34. The Morgan fingerprint density at radius 2 is 2.00 bits per heavy atom. The molecule has 0 bridgehead atoms. The first-order valence-corrected chi connectivity index (χ1v) is 10.5. The highest BCUT2D eigenvalue weighted by Gasteiger charge is 2.22. The van der Waals surface area contributed by atoms with Crippen LogP contribution in [0.5, 0.6) is 5.75 Å². The summed E-state index contributed by atoms with van der Waals surface area (Å²) in [4.78, 5) is 21.3. The predicted molar refractivity (Wildman–Crippen MR) is 116 cm³/mol. The molecule has 0 spiro atoms. The van der Waals surface area contributed by atoms with Gasteiger partial charge < -0.3 is 9.64 Å². The molecule has 0 saturated carbocycles. The second-order valence-electron chi connectivity index (χ2n) is 7.17. The minimum absolute atomic E-state index is 0.00512. The molecular weight excluding hydrogens is 370 g/mol. The maximum absolute atomic E-state index is 13.3. The van der Waals surface area contributed by atoms with E-state index in [9.17, 15) is 4.79 Å². The molecule has 0 fully saturated rings. The number of aryl methyl sites for hydroxylation is 1. The van der Waals surface area contributed by atoms with Crippen LogP contribution in [-0.4, -0.2) is 44.7 Å². The van der Waals surface area contributed by atoms with E-state index in [1.54, 1.807) is 0 Å². The largest absolute Gasteiger partial charge is 0.492 e. The van der Waals surface area contributed by atoms with Gasteiger partial charge in [0.15, 0.2) is 5.13 Å². The molecule has 28 heavy (non-hydrogen) atoms. The van der Waals surface area contributed by atoms with Crippen molar-refractivity contribution in [2.24, 2.45) is 0 Å². The molecule has 148 valence electrons. The summed E-state index contributed by atoms with van der Waals surface area (Å²) in [5.41, 5.74) is 2.59. The Bertz CT molecular complexity index is 952. The average molecular weight is 399 g/mol. The van der Waals surface area contributed by atoms with E-state index in [0.717, 1.165) is 39.6 Å². The monoisotopic (exact) mass is 398 g/mol. The van der Waals surface area contributed by atoms with Crippen molar-refractivity contribution in [2.45, 2.75) is 20.3 Å². The fourth-order valence-corrected chi connectivity index (χ4v) is 4.12. The molecule has 6 heteroatoms. The van der Waals surface area contributed by atoms with Gasteiger partial charge >= 0.3 is 0 Å². The topological polar surface area (TPSA) is 46.9 Å². The fourth-order valence-electron chi connectivity index (χ4n) is 3.11. The summed E-state index contributed by atoms with van der Waals surface area (Å²) in [6.07, 6.45) is 0.911. The summed E-state index contributed by atoms with van der Waals surface area (Å²) in [5, 5.41) is 0.724. The Morgan fingerprint density at radius 3 is 2.71 bits per heavy atom. The molecule has 3 rings (SSSR count). The molecule has 1 heterocycles. The number of benzene rings is 2. The van der Waals surface area contributed by atoms with E-state index in [0.29, 0.717) is 18.7 Å². The molecule has 0 aliphatic carbocycles. The van der Waals surface area contributed by atoms with Crippen LogP contribution in [0.25, 0.3) is 10.2 Å². The van der Waals surface area contributed by atoms with Gasteiger partial charge in [0.05, 0.1) is 31.9 Å². The highest BCUT2D eigenvalue weighted by atomic mass is 32.1. The van der Waals surface area contributed by atoms with Crippen LogP contribution in [0, 0.1) is 6.92 Å². The smallest absolute Gasteiger partial charge is 0.260 e. The van der Waals surface area contributed by atoms with Gasteiger partial charge in [-0.2, -0.15) is 0 Å². The number of rotatable bonds is 8. The Hall–Kier alpha value is -2.44. The third-order valence-corrected chi connectivity index (χ3v) is 5.51. The number of fused-ring (bicyclic) bond motifs is 1. The number of nitrogens with one attached hydrogen (secondary N) is 1. The zero-order chi connectivity index (χ0) is 20.1. The summed E-state index contributed by atoms with van der Waals surface area (Å²) in [6.45, 7) is 6.18. The van der Waals surface area contributed by atoms with E-state index >= 15 is 0 Å². The third-order valence-electron chi connectivity index (χ3n) is 4.47. The molecule has 0 radical (unpaired) electrons. The normalized spacial score (nSPS) is 11.2. The lowest BCUT2D eigenvalue weighted by Gasteiger charge is -2.20. The van der Waals surface area contributed by atoms with E-state index in [1.807, 2.05) is 61.2 Å². The lowest BCUT2D eigenvalue weighted by atomic mass is 10.1. The maximum Gasteiger partial charge on any atom is 0.260 e. The van der Waals surface area contributed by atoms with E-state index in [1.165, 1.54) is 16.2 Å². The number of aromatic nitrogens is 1. The van der Waals surface area contributed by atoms with Crippen LogP contribution in [0.2, 0.25) is 0 Å². The number of quaternary nitrogens is 1. The molecular formula is C22H28N3O2S+. The van der Waals surface area contributed by atoms with Gasteiger partial charge in [-0.15, -0.1) is 0 Å². The van der Waals surface area contributed by atoms with Crippen molar-refractivity contribution in [3.05, 3.63) is 53.6 Å². The second-order valence-corrected chi connectivity index (χ2v) is 8.18. The number of hydrogen-bond donors (Lipinski definition) is 1.